The first-order valence-corrected chi connectivity index (χ1v) is 13.5. The summed E-state index contributed by atoms with van der Waals surface area (Å²) >= 11 is 9.63. The van der Waals surface area contributed by atoms with Gasteiger partial charge in [0.1, 0.15) is 18.1 Å². The summed E-state index contributed by atoms with van der Waals surface area (Å²) in [6.45, 7) is 5.98. The van der Waals surface area contributed by atoms with E-state index in [1.807, 2.05) is 24.3 Å². The van der Waals surface area contributed by atoms with E-state index in [1.165, 1.54) is 6.21 Å². The van der Waals surface area contributed by atoms with Crippen LogP contribution < -0.4 is 14.9 Å². The van der Waals surface area contributed by atoms with Crippen molar-refractivity contribution in [2.24, 2.45) is 5.10 Å². The van der Waals surface area contributed by atoms with Gasteiger partial charge in [0.15, 0.2) is 18.1 Å². The smallest absolute Gasteiger partial charge is 0.344 e. The molecule has 40 heavy (non-hydrogen) atoms. The number of aromatic nitrogens is 1. The van der Waals surface area contributed by atoms with Gasteiger partial charge >= 0.3 is 11.9 Å². The molecule has 9 nitrogen and oxygen atoms in total. The van der Waals surface area contributed by atoms with Crippen LogP contribution in [0.25, 0.3) is 5.69 Å². The van der Waals surface area contributed by atoms with E-state index in [-0.39, 0.29) is 30.6 Å². The zero-order valence-corrected chi connectivity index (χ0v) is 24.4. The molecule has 2 aromatic heterocycles. The molecular weight excluding hydrogens is 602 g/mol. The van der Waals surface area contributed by atoms with E-state index in [1.54, 1.807) is 31.2 Å². The lowest BCUT2D eigenvalue weighted by molar-refractivity contribution is -0.145. The zero-order valence-electron chi connectivity index (χ0n) is 22.1. The average Bonchev–Trinajstić information content (AvgIpc) is 3.53. The van der Waals surface area contributed by atoms with E-state index >= 15 is 0 Å². The number of hydrogen-bond donors (Lipinski definition) is 1. The number of benzene rings is 2. The van der Waals surface area contributed by atoms with Crippen molar-refractivity contribution in [2.45, 2.75) is 27.4 Å². The van der Waals surface area contributed by atoms with Crippen LogP contribution in [0, 0.1) is 13.8 Å². The highest BCUT2D eigenvalue weighted by Crippen LogP contribution is 2.34. The predicted molar refractivity (Wildman–Crippen MR) is 155 cm³/mol. The monoisotopic (exact) mass is 627 g/mol. The van der Waals surface area contributed by atoms with Gasteiger partial charge in [0.05, 0.1) is 22.3 Å². The molecule has 0 unspecified atom stereocenters. The molecule has 0 fully saturated rings. The fourth-order valence-corrected chi connectivity index (χ4v) is 4.83. The number of nitrogens with zero attached hydrogens (tertiary/aromatic N) is 2. The van der Waals surface area contributed by atoms with Gasteiger partial charge in [-0.1, -0.05) is 11.6 Å². The van der Waals surface area contributed by atoms with Crippen molar-refractivity contribution >= 4 is 45.6 Å². The summed E-state index contributed by atoms with van der Waals surface area (Å²) in [4.78, 5) is 24.0. The van der Waals surface area contributed by atoms with Gasteiger partial charge in [0.2, 0.25) is 0 Å². The number of carbonyl (C=O) groups excluding carboxylic acids is 2. The van der Waals surface area contributed by atoms with E-state index in [9.17, 15) is 9.59 Å². The van der Waals surface area contributed by atoms with Crippen molar-refractivity contribution in [3.05, 3.63) is 98.6 Å². The minimum absolute atomic E-state index is 0.0894. The molecule has 0 bridgehead atoms. The first kappa shape index (κ1) is 29.0. The van der Waals surface area contributed by atoms with Crippen LogP contribution in [0.5, 0.6) is 11.5 Å². The Kier molecular flexibility index (Phi) is 9.68. The molecular formula is C29H27BrClN3O6. The molecule has 208 valence electrons. The molecule has 4 rings (SSSR count). The van der Waals surface area contributed by atoms with E-state index in [0.717, 1.165) is 17.1 Å². The lowest BCUT2D eigenvalue weighted by Crippen LogP contribution is -2.17. The minimum atomic E-state index is -0.524. The van der Waals surface area contributed by atoms with Gasteiger partial charge in [-0.05, 0) is 103 Å². The fraction of sp³-hybridized carbons (Fsp3) is 0.207. The molecule has 11 heteroatoms. The summed E-state index contributed by atoms with van der Waals surface area (Å²) < 4.78 is 24.4. The molecule has 2 heterocycles. The third-order valence-corrected chi connectivity index (χ3v) is 6.54. The number of ether oxygens (including phenoxy) is 3. The largest absolute Gasteiger partial charge is 0.486 e. The SMILES string of the molecule is CCOC(=O)COc1c(Cl)cc(/C=N/NC(=O)c2ccc(COc3ccc(-n4c(C)ccc4C)cc3)o2)cc1Br. The molecule has 0 aliphatic heterocycles. The van der Waals surface area contributed by atoms with Gasteiger partial charge in [-0.2, -0.15) is 5.10 Å². The van der Waals surface area contributed by atoms with E-state index in [0.29, 0.717) is 27.3 Å². The molecule has 1 amide bonds. The van der Waals surface area contributed by atoms with Crippen LogP contribution in [0.3, 0.4) is 0 Å². The second-order valence-electron chi connectivity index (χ2n) is 8.61. The summed E-state index contributed by atoms with van der Waals surface area (Å²) in [7, 11) is 0. The highest BCUT2D eigenvalue weighted by Gasteiger charge is 2.13. The maximum absolute atomic E-state index is 12.5. The van der Waals surface area contributed by atoms with Crippen LogP contribution in [0.2, 0.25) is 5.02 Å². The Morgan fingerprint density at radius 2 is 1.77 bits per heavy atom. The van der Waals surface area contributed by atoms with E-state index < -0.39 is 11.9 Å². The van der Waals surface area contributed by atoms with Gasteiger partial charge in [-0.25, -0.2) is 10.2 Å². The Hall–Kier alpha value is -4.02. The Balaban J connectivity index is 1.29. The number of halogens is 2. The summed E-state index contributed by atoms with van der Waals surface area (Å²) in [5, 5.41) is 4.22. The van der Waals surface area contributed by atoms with Crippen molar-refractivity contribution in [3.63, 3.8) is 0 Å². The van der Waals surface area contributed by atoms with Crippen LogP contribution in [-0.2, 0) is 16.1 Å². The maximum atomic E-state index is 12.5. The molecule has 1 N–H and O–H groups in total. The molecule has 0 saturated heterocycles. The van der Waals surface area contributed by atoms with Crippen molar-refractivity contribution in [1.29, 1.82) is 0 Å². The second-order valence-corrected chi connectivity index (χ2v) is 9.87. The molecule has 0 radical (unpaired) electrons. The van der Waals surface area contributed by atoms with Crippen molar-refractivity contribution in [1.82, 2.24) is 9.99 Å². The molecule has 0 atom stereocenters. The number of carbonyl (C=O) groups is 2. The minimum Gasteiger partial charge on any atom is -0.486 e. The van der Waals surface area contributed by atoms with Crippen molar-refractivity contribution < 1.29 is 28.2 Å². The first-order valence-electron chi connectivity index (χ1n) is 12.3. The van der Waals surface area contributed by atoms with Crippen LogP contribution in [0.15, 0.2) is 74.7 Å². The summed E-state index contributed by atoms with van der Waals surface area (Å²) in [5.41, 5.74) is 6.37. The highest BCUT2D eigenvalue weighted by molar-refractivity contribution is 9.10. The van der Waals surface area contributed by atoms with Gasteiger partial charge in [-0.3, -0.25) is 4.79 Å². The second kappa shape index (κ2) is 13.4. The van der Waals surface area contributed by atoms with Crippen LogP contribution in [0.4, 0.5) is 0 Å². The molecule has 4 aromatic rings. The fourth-order valence-electron chi connectivity index (χ4n) is 3.85. The van der Waals surface area contributed by atoms with Crippen LogP contribution in [0.1, 0.15) is 40.2 Å². The first-order chi connectivity index (χ1) is 19.2. The number of aryl methyl sites for hydroxylation is 2. The molecule has 0 aliphatic rings. The van der Waals surface area contributed by atoms with Gasteiger partial charge in [-0.15, -0.1) is 0 Å². The maximum Gasteiger partial charge on any atom is 0.344 e. The van der Waals surface area contributed by atoms with E-state index in [2.05, 4.69) is 57.0 Å². The summed E-state index contributed by atoms with van der Waals surface area (Å²) in [6.07, 6.45) is 1.41. The quantitative estimate of drug-likeness (QED) is 0.117. The van der Waals surface area contributed by atoms with Gasteiger partial charge in [0.25, 0.3) is 0 Å². The number of amides is 1. The number of nitrogens with one attached hydrogen (secondary N) is 1. The average molecular weight is 629 g/mol. The lowest BCUT2D eigenvalue weighted by Gasteiger charge is -2.10. The highest BCUT2D eigenvalue weighted by atomic mass is 79.9. The number of esters is 1. The predicted octanol–water partition coefficient (Wildman–Crippen LogP) is 6.39. The number of hydrazone groups is 1. The normalized spacial score (nSPS) is 11.0. The number of rotatable bonds is 11. The van der Waals surface area contributed by atoms with Gasteiger partial charge in [0, 0.05) is 17.1 Å². The van der Waals surface area contributed by atoms with Crippen molar-refractivity contribution in [3.8, 4) is 17.2 Å². The molecule has 0 spiro atoms. The van der Waals surface area contributed by atoms with Crippen molar-refractivity contribution in [2.75, 3.05) is 13.2 Å². The Bertz CT molecular complexity index is 1480. The molecule has 0 aliphatic carbocycles. The number of hydrogen-bond acceptors (Lipinski definition) is 7. The molecule has 0 saturated carbocycles. The lowest BCUT2D eigenvalue weighted by atomic mass is 10.2. The van der Waals surface area contributed by atoms with Gasteiger partial charge < -0.3 is 23.2 Å². The molecule has 2 aromatic carbocycles. The van der Waals surface area contributed by atoms with Crippen LogP contribution >= 0.6 is 27.5 Å². The Labute approximate surface area is 244 Å². The van der Waals surface area contributed by atoms with Crippen LogP contribution in [-0.4, -0.2) is 35.9 Å². The third kappa shape index (κ3) is 7.34. The zero-order chi connectivity index (χ0) is 28.6. The number of furan rings is 1. The summed E-state index contributed by atoms with van der Waals surface area (Å²) in [6, 6.07) is 18.4. The Morgan fingerprint density at radius 3 is 2.45 bits per heavy atom. The van der Waals surface area contributed by atoms with E-state index in [4.69, 9.17) is 30.2 Å². The topological polar surface area (TPSA) is 104 Å². The third-order valence-electron chi connectivity index (χ3n) is 5.67. The summed E-state index contributed by atoms with van der Waals surface area (Å²) in [5.74, 6) is 0.530. The Morgan fingerprint density at radius 1 is 1.05 bits per heavy atom. The standard InChI is InChI=1S/C29H27BrClN3O6/c1-4-37-27(35)17-39-28-24(30)13-20(14-25(28)31)15-32-33-29(36)26-12-11-23(40-26)16-38-22-9-7-21(8-10-22)34-18(2)5-6-19(34)3/h5-15H,4,16-17H2,1-3H3,(H,33,36)/b32-15+.